The van der Waals surface area contributed by atoms with Gasteiger partial charge in [-0.2, -0.15) is 5.06 Å². The molecule has 0 spiro atoms. The molecular weight excluding hydrogens is 567 g/mol. The summed E-state index contributed by atoms with van der Waals surface area (Å²) in [6.45, 7) is 6.65. The second kappa shape index (κ2) is 11.5. The minimum atomic E-state index is -1.58. The first-order valence-corrected chi connectivity index (χ1v) is 14.2. The van der Waals surface area contributed by atoms with Gasteiger partial charge >= 0.3 is 18.2 Å². The molecule has 4 amide bonds. The fourth-order valence-electron chi connectivity index (χ4n) is 5.76. The number of hydrogen-bond donors (Lipinski definition) is 3. The SMILES string of the molecule is C=C[C@@H]1CC1(NC(=O)[C@@H]1C[C@@H](OC(=O)N2Cc3cccc(F)c3C2)CN1C(=O)C(C(C)C)N(O)C(=O)OC1CC1)C(=O)O. The van der Waals surface area contributed by atoms with Gasteiger partial charge in [0.1, 0.15) is 35.6 Å². The first kappa shape index (κ1) is 30.3. The maximum Gasteiger partial charge on any atom is 0.434 e. The Hall–Kier alpha value is -4.20. The van der Waals surface area contributed by atoms with Crippen LogP contribution in [0.5, 0.6) is 0 Å². The van der Waals surface area contributed by atoms with E-state index in [9.17, 15) is 38.7 Å². The fraction of sp³-hybridized carbons (Fsp3) is 0.552. The van der Waals surface area contributed by atoms with Crippen LogP contribution in [0.4, 0.5) is 14.0 Å². The van der Waals surface area contributed by atoms with E-state index < -0.39 is 71.3 Å². The molecule has 0 bridgehead atoms. The molecule has 2 saturated carbocycles. The number of carbonyl (C=O) groups is 5. The van der Waals surface area contributed by atoms with Crippen molar-refractivity contribution in [1.29, 1.82) is 0 Å². The van der Waals surface area contributed by atoms with Crippen LogP contribution >= 0.6 is 0 Å². The lowest BCUT2D eigenvalue weighted by atomic mass is 10.0. The molecule has 3 N–H and O–H groups in total. The lowest BCUT2D eigenvalue weighted by Gasteiger charge is -2.33. The molecule has 0 aromatic heterocycles. The highest BCUT2D eigenvalue weighted by atomic mass is 19.1. The molecule has 43 heavy (non-hydrogen) atoms. The van der Waals surface area contributed by atoms with Crippen LogP contribution in [-0.4, -0.2) is 91.5 Å². The van der Waals surface area contributed by atoms with Gasteiger partial charge in [-0.15, -0.1) is 6.58 Å². The van der Waals surface area contributed by atoms with Crippen molar-refractivity contribution >= 4 is 30.0 Å². The molecule has 2 heterocycles. The predicted molar refractivity (Wildman–Crippen MR) is 145 cm³/mol. The van der Waals surface area contributed by atoms with Crippen LogP contribution in [0.1, 0.15) is 50.7 Å². The van der Waals surface area contributed by atoms with Gasteiger partial charge in [0.15, 0.2) is 0 Å². The molecule has 1 aromatic carbocycles. The van der Waals surface area contributed by atoms with Crippen LogP contribution in [0.3, 0.4) is 0 Å². The second-order valence-corrected chi connectivity index (χ2v) is 11.9. The summed E-state index contributed by atoms with van der Waals surface area (Å²) >= 11 is 0. The number of hydroxylamine groups is 2. The number of carboxylic acid groups (broad SMARTS) is 1. The van der Waals surface area contributed by atoms with Crippen LogP contribution in [0.15, 0.2) is 30.9 Å². The molecule has 4 aliphatic rings. The number of carbonyl (C=O) groups excluding carboxylic acids is 4. The van der Waals surface area contributed by atoms with Crippen LogP contribution < -0.4 is 5.32 Å². The molecule has 2 aliphatic heterocycles. The number of halogens is 1. The van der Waals surface area contributed by atoms with E-state index in [4.69, 9.17) is 9.47 Å². The maximum absolute atomic E-state index is 14.2. The van der Waals surface area contributed by atoms with Gasteiger partial charge in [0.05, 0.1) is 13.1 Å². The van der Waals surface area contributed by atoms with Gasteiger partial charge in [-0.1, -0.05) is 32.1 Å². The maximum atomic E-state index is 14.2. The molecule has 13 nitrogen and oxygen atoms in total. The topological polar surface area (TPSA) is 166 Å². The summed E-state index contributed by atoms with van der Waals surface area (Å²) in [5, 5.41) is 23.2. The lowest BCUT2D eigenvalue weighted by Crippen LogP contribution is -2.57. The van der Waals surface area contributed by atoms with Crippen molar-refractivity contribution in [3.05, 3.63) is 47.8 Å². The van der Waals surface area contributed by atoms with Crippen molar-refractivity contribution in [2.24, 2.45) is 11.8 Å². The van der Waals surface area contributed by atoms with Gasteiger partial charge in [0, 0.05) is 24.4 Å². The van der Waals surface area contributed by atoms with E-state index in [0.717, 1.165) is 4.90 Å². The smallest absolute Gasteiger partial charge is 0.434 e. The highest BCUT2D eigenvalue weighted by Crippen LogP contribution is 2.45. The Bertz CT molecular complexity index is 1350. The van der Waals surface area contributed by atoms with E-state index in [0.29, 0.717) is 24.0 Å². The Balaban J connectivity index is 1.34. The summed E-state index contributed by atoms with van der Waals surface area (Å²) in [7, 11) is 0. The highest BCUT2D eigenvalue weighted by molar-refractivity contribution is 5.96. The summed E-state index contributed by atoms with van der Waals surface area (Å²) in [5.41, 5.74) is -0.568. The standard InChI is InChI=1S/C29H35FN4O9/c1-4-17-11-29(17,26(37)38)31-24(35)22-10-19(43-27(39)32-12-16-6-5-7-21(30)20(16)14-32)13-33(22)25(36)23(15(2)3)34(41)28(40)42-18-8-9-18/h4-7,15,17-19,22-23,41H,1,8-14H2,2-3H3,(H,31,35)(H,37,38)/t17-,19-,22+,23?,29?/m1/s1. The largest absolute Gasteiger partial charge is 0.479 e. The number of benzene rings is 1. The van der Waals surface area contributed by atoms with Crippen molar-refractivity contribution in [2.45, 2.75) is 82.5 Å². The third-order valence-corrected chi connectivity index (χ3v) is 8.45. The molecule has 3 fully saturated rings. The van der Waals surface area contributed by atoms with E-state index in [2.05, 4.69) is 11.9 Å². The minimum absolute atomic E-state index is 0.0117. The lowest BCUT2D eigenvalue weighted by molar-refractivity contribution is -0.163. The fourth-order valence-corrected chi connectivity index (χ4v) is 5.76. The zero-order valence-corrected chi connectivity index (χ0v) is 23.9. The number of amides is 4. The molecule has 5 rings (SSSR count). The summed E-state index contributed by atoms with van der Waals surface area (Å²) in [6, 6.07) is 1.82. The number of ether oxygens (including phenoxy) is 2. The van der Waals surface area contributed by atoms with Crippen molar-refractivity contribution in [3.63, 3.8) is 0 Å². The molecule has 5 atom stereocenters. The van der Waals surface area contributed by atoms with Gasteiger partial charge in [0.2, 0.25) is 11.8 Å². The molecule has 232 valence electrons. The molecule has 2 unspecified atom stereocenters. The third-order valence-electron chi connectivity index (χ3n) is 8.45. The number of carboxylic acids is 1. The number of nitrogens with zero attached hydrogens (tertiary/aromatic N) is 3. The summed E-state index contributed by atoms with van der Waals surface area (Å²) < 4.78 is 25.0. The van der Waals surface area contributed by atoms with Crippen LogP contribution in [0.25, 0.3) is 0 Å². The Morgan fingerprint density at radius 3 is 2.47 bits per heavy atom. The van der Waals surface area contributed by atoms with E-state index in [1.807, 2.05) is 0 Å². The Morgan fingerprint density at radius 1 is 1.16 bits per heavy atom. The number of rotatable bonds is 9. The highest BCUT2D eigenvalue weighted by Gasteiger charge is 2.61. The van der Waals surface area contributed by atoms with Crippen molar-refractivity contribution < 1.29 is 48.2 Å². The van der Waals surface area contributed by atoms with Gasteiger partial charge in [0.25, 0.3) is 0 Å². The van der Waals surface area contributed by atoms with E-state index in [-0.39, 0.29) is 43.6 Å². The first-order valence-electron chi connectivity index (χ1n) is 14.2. The van der Waals surface area contributed by atoms with E-state index in [1.54, 1.807) is 26.0 Å². The zero-order chi connectivity index (χ0) is 31.2. The molecular formula is C29H35FN4O9. The number of likely N-dealkylation sites (tertiary alicyclic amines) is 1. The van der Waals surface area contributed by atoms with Gasteiger partial charge in [-0.25, -0.2) is 18.8 Å². The Morgan fingerprint density at radius 2 is 1.88 bits per heavy atom. The van der Waals surface area contributed by atoms with Crippen molar-refractivity contribution in [2.75, 3.05) is 6.54 Å². The summed E-state index contributed by atoms with van der Waals surface area (Å²) in [4.78, 5) is 67.4. The Kier molecular flexibility index (Phi) is 8.07. The predicted octanol–water partition coefficient (Wildman–Crippen LogP) is 2.41. The number of hydrogen-bond acceptors (Lipinski definition) is 8. The van der Waals surface area contributed by atoms with Crippen molar-refractivity contribution in [3.8, 4) is 0 Å². The number of aliphatic carboxylic acids is 1. The molecule has 0 radical (unpaired) electrons. The molecule has 1 aromatic rings. The second-order valence-electron chi connectivity index (χ2n) is 11.9. The zero-order valence-electron chi connectivity index (χ0n) is 23.9. The first-order chi connectivity index (χ1) is 20.4. The quantitative estimate of drug-likeness (QED) is 0.219. The van der Waals surface area contributed by atoms with E-state index >= 15 is 0 Å². The van der Waals surface area contributed by atoms with Gasteiger partial charge in [-0.3, -0.25) is 19.7 Å². The third kappa shape index (κ3) is 5.88. The van der Waals surface area contributed by atoms with Crippen molar-refractivity contribution in [1.82, 2.24) is 20.2 Å². The number of fused-ring (bicyclic) bond motifs is 1. The molecule has 1 saturated heterocycles. The summed E-state index contributed by atoms with van der Waals surface area (Å²) in [5.74, 6) is -4.43. The number of nitrogens with one attached hydrogen (secondary N) is 1. The van der Waals surface area contributed by atoms with Gasteiger partial charge < -0.3 is 24.8 Å². The minimum Gasteiger partial charge on any atom is -0.479 e. The van der Waals surface area contributed by atoms with Crippen LogP contribution in [0, 0.1) is 17.7 Å². The average molecular weight is 603 g/mol. The normalized spacial score (nSPS) is 26.4. The van der Waals surface area contributed by atoms with E-state index in [1.165, 1.54) is 17.0 Å². The molecule has 2 aliphatic carbocycles. The monoisotopic (exact) mass is 602 g/mol. The van der Waals surface area contributed by atoms with Crippen LogP contribution in [0.2, 0.25) is 0 Å². The van der Waals surface area contributed by atoms with Gasteiger partial charge in [-0.05, 0) is 36.8 Å². The average Bonchev–Trinajstić information content (AvgIpc) is 3.80. The van der Waals surface area contributed by atoms with Crippen LogP contribution in [-0.2, 0) is 36.9 Å². The Labute approximate surface area is 247 Å². The summed E-state index contributed by atoms with van der Waals surface area (Å²) in [6.07, 6.45) is -0.540. The molecule has 14 heteroatoms.